The number of halogens is 1. The minimum atomic E-state index is -3.46. The number of benzene rings is 3. The Morgan fingerprint density at radius 2 is 1.69 bits per heavy atom. The van der Waals surface area contributed by atoms with Gasteiger partial charge in [0, 0.05) is 81.6 Å². The van der Waals surface area contributed by atoms with Crippen molar-refractivity contribution in [2.75, 3.05) is 90.0 Å². The third kappa shape index (κ3) is 9.08. The quantitative estimate of drug-likeness (QED) is 0.0782. The van der Waals surface area contributed by atoms with E-state index >= 15 is 0 Å². The Balaban J connectivity index is 0.643. The van der Waals surface area contributed by atoms with E-state index in [-0.39, 0.29) is 12.8 Å². The smallest absolute Gasteiger partial charge is 0.262 e. The molecule has 20 heteroatoms. The van der Waals surface area contributed by atoms with Crippen LogP contribution in [-0.2, 0) is 32.5 Å². The maximum atomic E-state index is 13.2. The topological polar surface area (TPSA) is 211 Å². The Bertz CT molecular complexity index is 2750. The highest BCUT2D eigenvalue weighted by molar-refractivity contribution is 7.92. The molecule has 0 radical (unpaired) electrons. The molecule has 0 saturated carbocycles. The number of nitrogens with one attached hydrogen (secondary N) is 5. The maximum absolute atomic E-state index is 13.2. The highest BCUT2D eigenvalue weighted by Gasteiger charge is 2.45. The van der Waals surface area contributed by atoms with Gasteiger partial charge in [-0.1, -0.05) is 23.7 Å². The summed E-state index contributed by atoms with van der Waals surface area (Å²) >= 11 is 6.55. The summed E-state index contributed by atoms with van der Waals surface area (Å²) in [4.78, 5) is 65.1. The molecular formula is C47H54ClN11O7S. The summed E-state index contributed by atoms with van der Waals surface area (Å²) in [5.41, 5.74) is 6.78. The molecule has 6 aliphatic heterocycles. The van der Waals surface area contributed by atoms with Crippen LogP contribution in [0.2, 0.25) is 5.02 Å². The van der Waals surface area contributed by atoms with Gasteiger partial charge in [-0.2, -0.15) is 4.98 Å². The SMILES string of the molecule is CS(=O)(=O)N1CCc2cccc(Nc3nc(Nc4ccc(N5CCC(NCCNCCCC6CN(c7ccc8c(c7)C(=O)N(C7CCC(=O)NC7=O)C8=O)C6)CC5)c5c4OCC5)ncc3Cl)c21. The molecule has 3 saturated heterocycles. The predicted octanol–water partition coefficient (Wildman–Crippen LogP) is 4.34. The van der Waals surface area contributed by atoms with Gasteiger partial charge in [-0.25, -0.2) is 13.4 Å². The standard InChI is InChI=1S/C47H54ClN11O7S/c1-67(64,65)58-22-13-29-5-2-6-36(41(29)58)52-43-35(48)25-51-47(55-43)53-37-9-10-38(33-16-23-66-42(33)37)56-20-14-30(15-21-56)50-19-18-49-17-3-4-28-26-57(27-28)31-7-8-32-34(24-31)46(63)59(45(32)62)39-11-12-40(60)54-44(39)61/h2,5-10,24-25,28,30,39,49-50H,3-4,11-23,26-27H2,1H3,(H,54,60,61)(H2,51,52,53,55). The average Bonchev–Trinajstić information content (AvgIpc) is 4.03. The minimum absolute atomic E-state index is 0.0951. The first kappa shape index (κ1) is 44.8. The van der Waals surface area contributed by atoms with E-state index in [4.69, 9.17) is 16.3 Å². The Morgan fingerprint density at radius 3 is 2.49 bits per heavy atom. The van der Waals surface area contributed by atoms with E-state index in [2.05, 4.69) is 52.4 Å². The highest BCUT2D eigenvalue weighted by atomic mass is 35.5. The number of aromatic nitrogens is 2. The Kier molecular flexibility index (Phi) is 12.4. The number of fused-ring (bicyclic) bond motifs is 3. The number of carbonyl (C=O) groups is 4. The third-order valence-electron chi connectivity index (χ3n) is 13.7. The second-order valence-corrected chi connectivity index (χ2v) is 20.4. The molecule has 1 atom stereocenters. The van der Waals surface area contributed by atoms with Gasteiger partial charge >= 0.3 is 0 Å². The number of imide groups is 2. The lowest BCUT2D eigenvalue weighted by Crippen LogP contribution is -2.54. The summed E-state index contributed by atoms with van der Waals surface area (Å²) in [6.07, 6.45) is 8.66. The van der Waals surface area contributed by atoms with Crippen LogP contribution < -0.4 is 45.4 Å². The van der Waals surface area contributed by atoms with Gasteiger partial charge in [-0.3, -0.25) is 33.7 Å². The number of hydrogen-bond donors (Lipinski definition) is 5. The number of hydrogen-bond acceptors (Lipinski definition) is 15. The van der Waals surface area contributed by atoms with Gasteiger partial charge in [0.25, 0.3) is 11.8 Å². The first-order valence-electron chi connectivity index (χ1n) is 23.1. The molecule has 6 aliphatic rings. The van der Waals surface area contributed by atoms with Crippen molar-refractivity contribution in [3.63, 3.8) is 0 Å². The van der Waals surface area contributed by atoms with Crippen LogP contribution in [0.15, 0.2) is 54.7 Å². The third-order valence-corrected chi connectivity index (χ3v) is 15.2. The van der Waals surface area contributed by atoms with E-state index in [9.17, 15) is 27.6 Å². The number of rotatable bonds is 16. The molecule has 1 aromatic heterocycles. The molecule has 4 aromatic rings. The highest BCUT2D eigenvalue weighted by Crippen LogP contribution is 2.43. The van der Waals surface area contributed by atoms with Crippen molar-refractivity contribution in [1.82, 2.24) is 30.8 Å². The number of anilines is 7. The summed E-state index contributed by atoms with van der Waals surface area (Å²) in [7, 11) is -3.46. The summed E-state index contributed by atoms with van der Waals surface area (Å²) < 4.78 is 32.7. The van der Waals surface area contributed by atoms with Crippen molar-refractivity contribution in [2.45, 2.75) is 63.5 Å². The first-order chi connectivity index (χ1) is 32.4. The van der Waals surface area contributed by atoms with Crippen LogP contribution in [0, 0.1) is 5.92 Å². The molecule has 0 spiro atoms. The van der Waals surface area contributed by atoms with Gasteiger partial charge in [-0.05, 0) is 92.9 Å². The van der Waals surface area contributed by atoms with E-state index in [0.717, 1.165) is 106 Å². The zero-order valence-electron chi connectivity index (χ0n) is 37.3. The number of amides is 4. The number of carbonyl (C=O) groups excluding carboxylic acids is 4. The first-order valence-corrected chi connectivity index (χ1v) is 25.4. The van der Waals surface area contributed by atoms with Crippen LogP contribution in [-0.4, -0.2) is 124 Å². The van der Waals surface area contributed by atoms with E-state index < -0.39 is 39.7 Å². The fourth-order valence-electron chi connectivity index (χ4n) is 10.2. The molecule has 7 heterocycles. The van der Waals surface area contributed by atoms with Crippen molar-refractivity contribution < 1.29 is 32.3 Å². The maximum Gasteiger partial charge on any atom is 0.262 e. The summed E-state index contributed by atoms with van der Waals surface area (Å²) in [5, 5.41) is 16.5. The molecule has 5 N–H and O–H groups in total. The predicted molar refractivity (Wildman–Crippen MR) is 256 cm³/mol. The fourth-order valence-corrected chi connectivity index (χ4v) is 11.3. The van der Waals surface area contributed by atoms with E-state index in [1.54, 1.807) is 12.1 Å². The summed E-state index contributed by atoms with van der Waals surface area (Å²) in [6.45, 7) is 7.40. The molecular weight excluding hydrogens is 898 g/mol. The molecule has 67 heavy (non-hydrogen) atoms. The number of piperidine rings is 2. The lowest BCUT2D eigenvalue weighted by atomic mass is 9.93. The molecule has 352 valence electrons. The Labute approximate surface area is 394 Å². The number of ether oxygens (including phenoxy) is 1. The zero-order valence-corrected chi connectivity index (χ0v) is 38.8. The molecule has 10 rings (SSSR count). The monoisotopic (exact) mass is 951 g/mol. The van der Waals surface area contributed by atoms with Gasteiger partial charge in [0.05, 0.1) is 47.2 Å². The fraction of sp³-hybridized carbons (Fsp3) is 0.447. The summed E-state index contributed by atoms with van der Waals surface area (Å²) in [5.74, 6) is 0.0827. The molecule has 0 bridgehead atoms. The molecule has 3 fully saturated rings. The van der Waals surface area contributed by atoms with Crippen LogP contribution in [0.25, 0.3) is 0 Å². The van der Waals surface area contributed by atoms with Gasteiger partial charge in [-0.15, -0.1) is 0 Å². The minimum Gasteiger partial charge on any atom is -0.491 e. The number of sulfonamides is 1. The lowest BCUT2D eigenvalue weighted by Gasteiger charge is -2.41. The van der Waals surface area contributed by atoms with Gasteiger partial charge < -0.3 is 35.8 Å². The molecule has 0 aliphatic carbocycles. The largest absolute Gasteiger partial charge is 0.491 e. The van der Waals surface area contributed by atoms with Crippen LogP contribution in [0.3, 0.4) is 0 Å². The second kappa shape index (κ2) is 18.6. The van der Waals surface area contributed by atoms with Crippen molar-refractivity contribution in [3.05, 3.63) is 82.0 Å². The lowest BCUT2D eigenvalue weighted by molar-refractivity contribution is -0.136. The van der Waals surface area contributed by atoms with Gasteiger partial charge in [0.1, 0.15) is 16.8 Å². The van der Waals surface area contributed by atoms with Crippen molar-refractivity contribution in [3.8, 4) is 5.75 Å². The second-order valence-electron chi connectivity index (χ2n) is 18.1. The van der Waals surface area contributed by atoms with Crippen LogP contribution >= 0.6 is 11.6 Å². The molecule has 18 nitrogen and oxygen atoms in total. The van der Waals surface area contributed by atoms with Crippen LogP contribution in [0.5, 0.6) is 5.75 Å². The van der Waals surface area contributed by atoms with Crippen molar-refractivity contribution in [2.24, 2.45) is 5.92 Å². The summed E-state index contributed by atoms with van der Waals surface area (Å²) in [6, 6.07) is 14.6. The van der Waals surface area contributed by atoms with Crippen molar-refractivity contribution in [1.29, 1.82) is 0 Å². The average molecular weight is 953 g/mol. The van der Waals surface area contributed by atoms with Crippen LogP contribution in [0.4, 0.5) is 40.2 Å². The van der Waals surface area contributed by atoms with Gasteiger partial charge in [0.2, 0.25) is 27.8 Å². The van der Waals surface area contributed by atoms with E-state index in [0.29, 0.717) is 70.8 Å². The van der Waals surface area contributed by atoms with Gasteiger partial charge in [0.15, 0.2) is 5.82 Å². The zero-order chi connectivity index (χ0) is 46.4. The van der Waals surface area contributed by atoms with Crippen molar-refractivity contribution >= 4 is 85.5 Å². The Hall–Kier alpha value is -6.02. The van der Waals surface area contributed by atoms with Crippen LogP contribution in [0.1, 0.15) is 70.4 Å². The molecule has 1 unspecified atom stereocenters. The normalized spacial score (nSPS) is 19.6. The number of nitrogens with zero attached hydrogens (tertiary/aromatic N) is 6. The van der Waals surface area contributed by atoms with E-state index in [1.165, 1.54) is 28.0 Å². The molecule has 4 amide bonds. The van der Waals surface area contributed by atoms with E-state index in [1.807, 2.05) is 30.3 Å². The number of para-hydroxylation sites is 1. The molecule has 3 aromatic carbocycles. The Morgan fingerprint density at radius 1 is 0.866 bits per heavy atom.